The Morgan fingerprint density at radius 1 is 0.947 bits per heavy atom. The molecule has 6 aromatic rings. The van der Waals surface area contributed by atoms with Gasteiger partial charge < -0.3 is 29.8 Å². The summed E-state index contributed by atoms with van der Waals surface area (Å²) < 4.78 is 41.8. The number of aromatic nitrogens is 2. The first-order valence-corrected chi connectivity index (χ1v) is 28.0. The van der Waals surface area contributed by atoms with Crippen LogP contribution < -0.4 is 24.4 Å². The normalized spacial score (nSPS) is 21.5. The zero-order chi connectivity index (χ0) is 52.6. The number of anilines is 2. The lowest BCUT2D eigenvalue weighted by molar-refractivity contribution is -0.384. The molecule has 75 heavy (non-hydrogen) atoms. The first-order chi connectivity index (χ1) is 35.9. The standard InChI is InChI=1S/C58H70N8O8S/c1-38(2)47-8-6-7-9-48(47)53-37-63(36-41-10-13-44(73-5)14-11-41)26-27-65(53)43-31-58(32-43)22-24-64(25-23-58)42-12-16-49(54(28-42)74-45-29-50-39(3)33-60-55(50)61-35-45)56(67)62-75(71,72)46-15-17-51(52(30-46)66(69)70)59-34-40-18-20-57(4,68)21-19-40/h6-17,28-30,33,35,38,40,43,53,59,68H,18-27,31-32,34,36-37H2,1-5H3,(H,60,61)(H,62,67)/t40?,53-,57?/m0/s1. The Morgan fingerprint density at radius 3 is 2.41 bits per heavy atom. The average molecular weight is 1040 g/mol. The minimum Gasteiger partial charge on any atom is -0.497 e. The number of hydrogen-bond donors (Lipinski definition) is 4. The SMILES string of the molecule is COc1ccc(CN2CCN(C3CC4(CCN(c5ccc(C(=O)NS(=O)(=O)c6ccc(NCC7CCC(C)(O)CC7)c([N+](=O)[O-])c6)c(Oc6cnc7[nH]cc(C)c7c6)c5)CC4)C3)[C@H](c3ccccc3C(C)C)C2)cc1. The highest BCUT2D eigenvalue weighted by Gasteiger charge is 2.50. The molecular weight excluding hydrogens is 969 g/mol. The quantitative estimate of drug-likeness (QED) is 0.0529. The van der Waals surface area contributed by atoms with Gasteiger partial charge in [-0.15, -0.1) is 0 Å². The molecule has 4 aliphatic rings. The molecule has 4 fully saturated rings. The highest BCUT2D eigenvalue weighted by molar-refractivity contribution is 7.90. The summed E-state index contributed by atoms with van der Waals surface area (Å²) in [5.74, 6) is 1.05. The third-order valence-electron chi connectivity index (χ3n) is 16.7. The van der Waals surface area contributed by atoms with E-state index in [0.717, 1.165) is 106 Å². The molecule has 4 aromatic carbocycles. The fraction of sp³-hybridized carbons (Fsp3) is 0.448. The van der Waals surface area contributed by atoms with Gasteiger partial charge in [-0.2, -0.15) is 0 Å². The van der Waals surface area contributed by atoms with E-state index in [1.54, 1.807) is 25.4 Å². The fourth-order valence-electron chi connectivity index (χ4n) is 12.1. The van der Waals surface area contributed by atoms with Crippen LogP contribution in [0, 0.1) is 28.4 Å². The van der Waals surface area contributed by atoms with Crippen LogP contribution in [0.1, 0.15) is 117 Å². The van der Waals surface area contributed by atoms with Crippen LogP contribution in [-0.4, -0.2) is 102 Å². The van der Waals surface area contributed by atoms with Crippen LogP contribution in [0.5, 0.6) is 17.2 Å². The van der Waals surface area contributed by atoms with E-state index in [-0.39, 0.29) is 34.4 Å². The number of nitrogens with one attached hydrogen (secondary N) is 3. The molecule has 2 aromatic heterocycles. The number of H-pyrrole nitrogens is 1. The smallest absolute Gasteiger partial charge is 0.293 e. The van der Waals surface area contributed by atoms with Gasteiger partial charge in [-0.1, -0.05) is 50.2 Å². The van der Waals surface area contributed by atoms with E-state index in [0.29, 0.717) is 42.7 Å². The molecule has 2 aliphatic heterocycles. The number of carbonyl (C=O) groups is 1. The minimum atomic E-state index is -4.59. The second kappa shape index (κ2) is 21.2. The highest BCUT2D eigenvalue weighted by atomic mass is 32.2. The number of benzene rings is 4. The summed E-state index contributed by atoms with van der Waals surface area (Å²) in [7, 11) is -2.89. The van der Waals surface area contributed by atoms with Crippen LogP contribution in [0.2, 0.25) is 0 Å². The van der Waals surface area contributed by atoms with Gasteiger partial charge in [-0.25, -0.2) is 18.1 Å². The third kappa shape index (κ3) is 11.4. The zero-order valence-electron chi connectivity index (χ0n) is 43.7. The molecule has 1 amide bonds. The number of methoxy groups -OCH3 is 1. The Morgan fingerprint density at radius 2 is 1.69 bits per heavy atom. The van der Waals surface area contributed by atoms with E-state index in [4.69, 9.17) is 9.47 Å². The number of pyridine rings is 1. The molecule has 2 saturated heterocycles. The van der Waals surface area contributed by atoms with Gasteiger partial charge in [0, 0.05) is 87.3 Å². The molecular formula is C58H70N8O8S. The number of carbonyl (C=O) groups excluding carboxylic acids is 1. The molecule has 0 radical (unpaired) electrons. The van der Waals surface area contributed by atoms with E-state index in [9.17, 15) is 28.4 Å². The molecule has 1 spiro atoms. The number of amides is 1. The first kappa shape index (κ1) is 51.9. The van der Waals surface area contributed by atoms with Crippen molar-refractivity contribution in [1.29, 1.82) is 0 Å². The highest BCUT2D eigenvalue weighted by Crippen LogP contribution is 2.53. The predicted molar refractivity (Wildman–Crippen MR) is 291 cm³/mol. The maximum Gasteiger partial charge on any atom is 0.293 e. The minimum absolute atomic E-state index is 0.0273. The van der Waals surface area contributed by atoms with E-state index in [1.165, 1.54) is 28.8 Å². The number of fused-ring (bicyclic) bond motifs is 1. The van der Waals surface area contributed by atoms with Crippen LogP contribution in [0.15, 0.2) is 108 Å². The molecule has 2 aliphatic carbocycles. The molecule has 0 bridgehead atoms. The average Bonchev–Trinajstić information content (AvgIpc) is 3.76. The van der Waals surface area contributed by atoms with Gasteiger partial charge in [0.05, 0.1) is 34.3 Å². The van der Waals surface area contributed by atoms with Gasteiger partial charge in [-0.05, 0) is 147 Å². The number of aryl methyl sites for hydroxylation is 1. The largest absolute Gasteiger partial charge is 0.497 e. The van der Waals surface area contributed by atoms with E-state index in [2.05, 4.69) is 85.0 Å². The molecule has 396 valence electrons. The van der Waals surface area contributed by atoms with Gasteiger partial charge in [0.2, 0.25) is 0 Å². The summed E-state index contributed by atoms with van der Waals surface area (Å²) in [5, 5.41) is 26.6. The van der Waals surface area contributed by atoms with Gasteiger partial charge in [0.1, 0.15) is 28.6 Å². The Balaban J connectivity index is 0.837. The number of nitro groups is 1. The Kier molecular flexibility index (Phi) is 14.7. The number of piperazine rings is 1. The predicted octanol–water partition coefficient (Wildman–Crippen LogP) is 10.5. The molecule has 2 saturated carbocycles. The summed E-state index contributed by atoms with van der Waals surface area (Å²) in [6.45, 7) is 14.3. The summed E-state index contributed by atoms with van der Waals surface area (Å²) in [5.41, 5.74) is 5.85. The van der Waals surface area contributed by atoms with Crippen LogP contribution in [-0.2, 0) is 16.6 Å². The maximum absolute atomic E-state index is 14.2. The van der Waals surface area contributed by atoms with Crippen molar-refractivity contribution in [2.75, 3.05) is 56.6 Å². The van der Waals surface area contributed by atoms with E-state index in [1.807, 2.05) is 44.3 Å². The second-order valence-corrected chi connectivity index (χ2v) is 23.9. The van der Waals surface area contributed by atoms with Crippen LogP contribution in [0.3, 0.4) is 0 Å². The second-order valence-electron chi connectivity index (χ2n) is 22.2. The van der Waals surface area contributed by atoms with Crippen molar-refractivity contribution >= 4 is 44.0 Å². The van der Waals surface area contributed by atoms with Crippen LogP contribution >= 0.6 is 0 Å². The van der Waals surface area contributed by atoms with Gasteiger partial charge in [0.25, 0.3) is 21.6 Å². The van der Waals surface area contributed by atoms with Crippen molar-refractivity contribution in [2.24, 2.45) is 11.3 Å². The molecule has 16 nitrogen and oxygen atoms in total. The number of aromatic amines is 1. The number of piperidine rings is 1. The molecule has 4 heterocycles. The summed E-state index contributed by atoms with van der Waals surface area (Å²) in [4.78, 5) is 40.7. The molecule has 0 unspecified atom stereocenters. The fourth-order valence-corrected chi connectivity index (χ4v) is 13.1. The lowest BCUT2D eigenvalue weighted by Gasteiger charge is -2.58. The Labute approximate surface area is 440 Å². The lowest BCUT2D eigenvalue weighted by atomic mass is 9.59. The van der Waals surface area contributed by atoms with Crippen LogP contribution in [0.4, 0.5) is 17.1 Å². The van der Waals surface area contributed by atoms with Gasteiger partial charge >= 0.3 is 0 Å². The Hall–Kier alpha value is -6.53. The van der Waals surface area contributed by atoms with E-state index >= 15 is 0 Å². The maximum atomic E-state index is 14.2. The Bertz CT molecular complexity index is 3150. The third-order valence-corrected chi connectivity index (χ3v) is 18.0. The number of rotatable bonds is 16. The number of nitrogens with zero attached hydrogens (tertiary/aromatic N) is 5. The number of ether oxygens (including phenoxy) is 2. The number of nitro benzene ring substituents is 1. The number of hydrogen-bond acceptors (Lipinski definition) is 13. The lowest BCUT2D eigenvalue weighted by Crippen LogP contribution is -2.60. The van der Waals surface area contributed by atoms with Gasteiger partial charge in [0.15, 0.2) is 0 Å². The summed E-state index contributed by atoms with van der Waals surface area (Å²) in [6.07, 6.45) is 10.5. The number of aliphatic hydroxyl groups is 1. The zero-order valence-corrected chi connectivity index (χ0v) is 44.5. The number of sulfonamides is 1. The van der Waals surface area contributed by atoms with Gasteiger partial charge in [-0.3, -0.25) is 24.7 Å². The van der Waals surface area contributed by atoms with Crippen molar-refractivity contribution in [2.45, 2.75) is 114 Å². The summed E-state index contributed by atoms with van der Waals surface area (Å²) >= 11 is 0. The molecule has 4 N–H and O–H groups in total. The van der Waals surface area contributed by atoms with Crippen molar-refractivity contribution in [3.05, 3.63) is 141 Å². The summed E-state index contributed by atoms with van der Waals surface area (Å²) in [6, 6.07) is 28.8. The van der Waals surface area contributed by atoms with E-state index < -0.39 is 37.0 Å². The molecule has 17 heteroatoms. The van der Waals surface area contributed by atoms with Crippen molar-refractivity contribution in [3.63, 3.8) is 0 Å². The first-order valence-electron chi connectivity index (χ1n) is 26.5. The van der Waals surface area contributed by atoms with Crippen molar-refractivity contribution in [1.82, 2.24) is 24.5 Å². The van der Waals surface area contributed by atoms with Crippen molar-refractivity contribution < 1.29 is 32.7 Å². The monoisotopic (exact) mass is 1040 g/mol. The van der Waals surface area contributed by atoms with Crippen molar-refractivity contribution in [3.8, 4) is 17.2 Å². The molecule has 1 atom stereocenters. The molecule has 10 rings (SSSR count). The van der Waals surface area contributed by atoms with Crippen LogP contribution in [0.25, 0.3) is 11.0 Å². The topological polar surface area (TPSA) is 195 Å².